The molecule has 1 aromatic carbocycles. The van der Waals surface area contributed by atoms with Crippen molar-refractivity contribution in [3.05, 3.63) is 47.4 Å². The maximum absolute atomic E-state index is 10.3. The minimum atomic E-state index is 0.425. The number of benzene rings is 1. The summed E-state index contributed by atoms with van der Waals surface area (Å²) >= 11 is 0. The van der Waals surface area contributed by atoms with Crippen molar-refractivity contribution in [1.29, 1.82) is 0 Å². The first-order valence-corrected chi connectivity index (χ1v) is 4.24. The molecule has 4 heteroatoms. The van der Waals surface area contributed by atoms with Gasteiger partial charge >= 0.3 is 0 Å². The first kappa shape index (κ1) is 8.62. The Morgan fingerprint density at radius 3 is 2.93 bits per heavy atom. The van der Waals surface area contributed by atoms with Crippen LogP contribution in [-0.2, 0) is 0 Å². The molecule has 0 saturated carbocycles. The molecule has 0 aliphatic carbocycles. The van der Waals surface area contributed by atoms with E-state index in [0.717, 1.165) is 11.4 Å². The fraction of sp³-hybridized carbons (Fsp3) is 0.100. The van der Waals surface area contributed by atoms with E-state index >= 15 is 0 Å². The van der Waals surface area contributed by atoms with Gasteiger partial charge in [-0.2, -0.15) is 0 Å². The SMILES string of the molecule is Cc1cn(-c2cccc(N=O)c2)cn1. The van der Waals surface area contributed by atoms with Crippen molar-refractivity contribution in [2.45, 2.75) is 6.92 Å². The predicted octanol–water partition coefficient (Wildman–Crippen LogP) is 2.58. The van der Waals surface area contributed by atoms with Gasteiger partial charge in [0.15, 0.2) is 0 Å². The molecule has 0 saturated heterocycles. The van der Waals surface area contributed by atoms with Crippen LogP contribution in [0.4, 0.5) is 5.69 Å². The summed E-state index contributed by atoms with van der Waals surface area (Å²) in [5, 5.41) is 2.88. The van der Waals surface area contributed by atoms with E-state index in [4.69, 9.17) is 0 Å². The van der Waals surface area contributed by atoms with E-state index in [-0.39, 0.29) is 0 Å². The average molecular weight is 187 g/mol. The highest BCUT2D eigenvalue weighted by Gasteiger charge is 1.98. The molecule has 0 radical (unpaired) electrons. The molecule has 0 fully saturated rings. The van der Waals surface area contributed by atoms with Crippen LogP contribution in [-0.4, -0.2) is 9.55 Å². The van der Waals surface area contributed by atoms with Crippen LogP contribution in [0.3, 0.4) is 0 Å². The van der Waals surface area contributed by atoms with Gasteiger partial charge in [0.2, 0.25) is 0 Å². The van der Waals surface area contributed by atoms with Crippen LogP contribution in [0.25, 0.3) is 5.69 Å². The molecule has 0 aliphatic rings. The second-order valence-corrected chi connectivity index (χ2v) is 3.03. The summed E-state index contributed by atoms with van der Waals surface area (Å²) in [7, 11) is 0. The third kappa shape index (κ3) is 1.54. The largest absolute Gasteiger partial charge is 0.306 e. The average Bonchev–Trinajstić information content (AvgIpc) is 2.65. The van der Waals surface area contributed by atoms with Crippen LogP contribution in [0.1, 0.15) is 5.69 Å². The van der Waals surface area contributed by atoms with Crippen molar-refractivity contribution in [2.24, 2.45) is 5.18 Å². The molecule has 70 valence electrons. The third-order valence-electron chi connectivity index (χ3n) is 1.94. The summed E-state index contributed by atoms with van der Waals surface area (Å²) in [6, 6.07) is 7.08. The maximum Gasteiger partial charge on any atom is 0.110 e. The van der Waals surface area contributed by atoms with Crippen LogP contribution < -0.4 is 0 Å². The van der Waals surface area contributed by atoms with Crippen LogP contribution in [0.5, 0.6) is 0 Å². The Kier molecular flexibility index (Phi) is 2.10. The monoisotopic (exact) mass is 187 g/mol. The number of aromatic nitrogens is 2. The van der Waals surface area contributed by atoms with E-state index in [9.17, 15) is 4.91 Å². The van der Waals surface area contributed by atoms with Gasteiger partial charge in [-0.15, -0.1) is 4.91 Å². The van der Waals surface area contributed by atoms with E-state index in [0.29, 0.717) is 5.69 Å². The molecule has 0 atom stereocenters. The number of hydrogen-bond acceptors (Lipinski definition) is 3. The fourth-order valence-corrected chi connectivity index (χ4v) is 1.27. The first-order chi connectivity index (χ1) is 6.79. The highest BCUT2D eigenvalue weighted by molar-refractivity contribution is 5.46. The molecule has 0 amide bonds. The number of nitroso groups, excluding NO2 is 1. The van der Waals surface area contributed by atoms with Crippen molar-refractivity contribution < 1.29 is 0 Å². The Hall–Kier alpha value is -1.97. The zero-order valence-electron chi connectivity index (χ0n) is 7.71. The quantitative estimate of drug-likeness (QED) is 0.678. The van der Waals surface area contributed by atoms with E-state index in [2.05, 4.69) is 10.2 Å². The lowest BCUT2D eigenvalue weighted by Gasteiger charge is -2.00. The molecule has 0 spiro atoms. The number of nitrogens with zero attached hydrogens (tertiary/aromatic N) is 3. The topological polar surface area (TPSA) is 47.2 Å². The van der Waals surface area contributed by atoms with Gasteiger partial charge in [0.05, 0.1) is 12.0 Å². The van der Waals surface area contributed by atoms with Crippen molar-refractivity contribution in [3.8, 4) is 5.69 Å². The summed E-state index contributed by atoms with van der Waals surface area (Å²) < 4.78 is 1.85. The summed E-state index contributed by atoms with van der Waals surface area (Å²) in [5.41, 5.74) is 2.26. The number of imidazole rings is 1. The maximum atomic E-state index is 10.3. The molecule has 2 aromatic rings. The van der Waals surface area contributed by atoms with E-state index < -0.39 is 0 Å². The normalized spacial score (nSPS) is 10.1. The van der Waals surface area contributed by atoms with Crippen LogP contribution in [0, 0.1) is 11.8 Å². The molecule has 0 aliphatic heterocycles. The molecule has 1 aromatic heterocycles. The standard InChI is InChI=1S/C10H9N3O/c1-8-6-13(7-11-8)10-4-2-3-9(5-10)12-14/h2-7H,1H3. The van der Waals surface area contributed by atoms with Crippen molar-refractivity contribution in [3.63, 3.8) is 0 Å². The van der Waals surface area contributed by atoms with Gasteiger partial charge in [-0.3, -0.25) is 0 Å². The Bertz CT molecular complexity index is 462. The predicted molar refractivity (Wildman–Crippen MR) is 53.8 cm³/mol. The lowest BCUT2D eigenvalue weighted by Crippen LogP contribution is -1.88. The smallest absolute Gasteiger partial charge is 0.110 e. The Labute approximate surface area is 81.2 Å². The third-order valence-corrected chi connectivity index (χ3v) is 1.94. The molecule has 14 heavy (non-hydrogen) atoms. The van der Waals surface area contributed by atoms with Gasteiger partial charge in [0, 0.05) is 11.9 Å². The number of aryl methyl sites for hydroxylation is 1. The van der Waals surface area contributed by atoms with Gasteiger partial charge in [-0.25, -0.2) is 4.98 Å². The molecule has 0 unspecified atom stereocenters. The first-order valence-electron chi connectivity index (χ1n) is 4.24. The van der Waals surface area contributed by atoms with Crippen LogP contribution in [0.2, 0.25) is 0 Å². The Morgan fingerprint density at radius 2 is 2.29 bits per heavy atom. The molecule has 0 bridgehead atoms. The summed E-state index contributed by atoms with van der Waals surface area (Å²) in [5.74, 6) is 0. The highest BCUT2D eigenvalue weighted by atomic mass is 16.3. The lowest BCUT2D eigenvalue weighted by atomic mass is 10.3. The Balaban J connectivity index is 2.46. The second-order valence-electron chi connectivity index (χ2n) is 3.03. The second kappa shape index (κ2) is 3.41. The van der Waals surface area contributed by atoms with Crippen LogP contribution in [0.15, 0.2) is 42.0 Å². The zero-order chi connectivity index (χ0) is 9.97. The van der Waals surface area contributed by atoms with Gasteiger partial charge in [-0.05, 0) is 30.3 Å². The van der Waals surface area contributed by atoms with Gasteiger partial charge in [0.1, 0.15) is 5.69 Å². The molecular formula is C10H9N3O. The summed E-state index contributed by atoms with van der Waals surface area (Å²) in [6.07, 6.45) is 3.60. The zero-order valence-corrected chi connectivity index (χ0v) is 7.71. The highest BCUT2D eigenvalue weighted by Crippen LogP contribution is 2.16. The van der Waals surface area contributed by atoms with E-state index in [1.807, 2.05) is 23.8 Å². The van der Waals surface area contributed by atoms with Crippen molar-refractivity contribution in [1.82, 2.24) is 9.55 Å². The van der Waals surface area contributed by atoms with Crippen molar-refractivity contribution in [2.75, 3.05) is 0 Å². The van der Waals surface area contributed by atoms with Gasteiger partial charge in [-0.1, -0.05) is 6.07 Å². The molecule has 4 nitrogen and oxygen atoms in total. The molecular weight excluding hydrogens is 178 g/mol. The minimum Gasteiger partial charge on any atom is -0.306 e. The minimum absolute atomic E-state index is 0.425. The number of rotatable bonds is 2. The van der Waals surface area contributed by atoms with Gasteiger partial charge < -0.3 is 4.57 Å². The Morgan fingerprint density at radius 1 is 1.43 bits per heavy atom. The lowest BCUT2D eigenvalue weighted by molar-refractivity contribution is 1.06. The molecule has 2 rings (SSSR count). The molecule has 1 heterocycles. The van der Waals surface area contributed by atoms with Crippen molar-refractivity contribution >= 4 is 5.69 Å². The summed E-state index contributed by atoms with van der Waals surface area (Å²) in [6.45, 7) is 1.92. The van der Waals surface area contributed by atoms with E-state index in [1.54, 1.807) is 24.5 Å². The van der Waals surface area contributed by atoms with Crippen LogP contribution >= 0.6 is 0 Å². The fourth-order valence-electron chi connectivity index (χ4n) is 1.27. The number of hydrogen-bond donors (Lipinski definition) is 0. The van der Waals surface area contributed by atoms with Gasteiger partial charge in [0.25, 0.3) is 0 Å². The molecule has 0 N–H and O–H groups in total. The van der Waals surface area contributed by atoms with E-state index in [1.165, 1.54) is 0 Å². The summed E-state index contributed by atoms with van der Waals surface area (Å²) in [4.78, 5) is 14.4.